The lowest BCUT2D eigenvalue weighted by Crippen LogP contribution is -1.94. The Kier molecular flexibility index (Phi) is 2.25. The van der Waals surface area contributed by atoms with Gasteiger partial charge in [0.15, 0.2) is 0 Å². The van der Waals surface area contributed by atoms with E-state index in [0.717, 1.165) is 17.0 Å². The van der Waals surface area contributed by atoms with Gasteiger partial charge in [0.25, 0.3) is 0 Å². The van der Waals surface area contributed by atoms with Crippen molar-refractivity contribution in [2.45, 2.75) is 6.92 Å². The predicted molar refractivity (Wildman–Crippen MR) is 56.2 cm³/mol. The lowest BCUT2D eigenvalue weighted by Gasteiger charge is -2.03. The second-order valence-corrected chi connectivity index (χ2v) is 3.54. The minimum absolute atomic E-state index is 0.684. The van der Waals surface area contributed by atoms with E-state index in [1.807, 2.05) is 26.1 Å². The van der Waals surface area contributed by atoms with Crippen LogP contribution in [-0.2, 0) is 7.05 Å². The summed E-state index contributed by atoms with van der Waals surface area (Å²) in [5, 5.41) is 4.77. The largest absolute Gasteiger partial charge is 0.268 e. The summed E-state index contributed by atoms with van der Waals surface area (Å²) in [6.45, 7) is 1.88. The van der Waals surface area contributed by atoms with Crippen LogP contribution in [0.25, 0.3) is 11.3 Å². The molecule has 0 saturated carbocycles. The van der Waals surface area contributed by atoms with E-state index in [4.69, 9.17) is 11.6 Å². The highest BCUT2D eigenvalue weighted by Crippen LogP contribution is 2.22. The molecule has 0 spiro atoms. The third-order valence-electron chi connectivity index (χ3n) is 2.14. The molecule has 2 rings (SSSR count). The summed E-state index contributed by atoms with van der Waals surface area (Å²) in [6, 6.07) is 3.84. The lowest BCUT2D eigenvalue weighted by atomic mass is 10.2. The zero-order chi connectivity index (χ0) is 10.1. The Bertz CT molecular complexity index is 462. The predicted octanol–water partition coefficient (Wildman–Crippen LogP) is 2.44. The maximum atomic E-state index is 5.99. The van der Waals surface area contributed by atoms with Crippen molar-refractivity contribution in [3.63, 3.8) is 0 Å². The number of aryl methyl sites for hydroxylation is 2. The third kappa shape index (κ3) is 1.51. The van der Waals surface area contributed by atoms with Crippen LogP contribution in [-0.4, -0.2) is 14.8 Å². The van der Waals surface area contributed by atoms with Crippen molar-refractivity contribution in [3.05, 3.63) is 35.2 Å². The fourth-order valence-corrected chi connectivity index (χ4v) is 1.47. The fraction of sp³-hybridized carbons (Fsp3) is 0.200. The Morgan fingerprint density at radius 1 is 1.43 bits per heavy atom. The highest BCUT2D eigenvalue weighted by molar-refractivity contribution is 6.31. The van der Waals surface area contributed by atoms with E-state index in [2.05, 4.69) is 10.1 Å². The third-order valence-corrected chi connectivity index (χ3v) is 2.52. The van der Waals surface area contributed by atoms with Gasteiger partial charge in [0, 0.05) is 25.0 Å². The van der Waals surface area contributed by atoms with Crippen LogP contribution in [0.2, 0.25) is 5.02 Å². The molecule has 0 aliphatic heterocycles. The topological polar surface area (TPSA) is 30.7 Å². The first-order chi connectivity index (χ1) is 6.68. The van der Waals surface area contributed by atoms with Crippen LogP contribution in [0.3, 0.4) is 0 Å². The average Bonchev–Trinajstić information content (AvgIpc) is 2.57. The summed E-state index contributed by atoms with van der Waals surface area (Å²) in [5.74, 6) is 0. The maximum absolute atomic E-state index is 5.99. The number of hydrogen-bond donors (Lipinski definition) is 0. The lowest BCUT2D eigenvalue weighted by molar-refractivity contribution is 0.775. The van der Waals surface area contributed by atoms with E-state index < -0.39 is 0 Å². The molecular weight excluding hydrogens is 198 g/mol. The first-order valence-electron chi connectivity index (χ1n) is 4.29. The van der Waals surface area contributed by atoms with E-state index in [-0.39, 0.29) is 0 Å². The maximum Gasteiger partial charge on any atom is 0.0694 e. The van der Waals surface area contributed by atoms with Gasteiger partial charge in [0.2, 0.25) is 0 Å². The van der Waals surface area contributed by atoms with E-state index in [9.17, 15) is 0 Å². The van der Waals surface area contributed by atoms with Crippen molar-refractivity contribution in [2.24, 2.45) is 7.05 Å². The van der Waals surface area contributed by atoms with Crippen molar-refractivity contribution in [1.29, 1.82) is 0 Å². The van der Waals surface area contributed by atoms with Gasteiger partial charge in [-0.3, -0.25) is 9.67 Å². The Morgan fingerprint density at radius 2 is 2.21 bits per heavy atom. The SMILES string of the molecule is Cc1ncc(-c2ccnn2C)cc1Cl. The van der Waals surface area contributed by atoms with Crippen molar-refractivity contribution < 1.29 is 0 Å². The molecule has 72 valence electrons. The standard InChI is InChI=1S/C10H10ClN3/c1-7-9(11)5-8(6-12-7)10-3-4-13-14(10)2/h3-6H,1-2H3. The van der Waals surface area contributed by atoms with E-state index in [0.29, 0.717) is 5.02 Å². The molecule has 0 amide bonds. The van der Waals surface area contributed by atoms with Crippen molar-refractivity contribution >= 4 is 11.6 Å². The summed E-state index contributed by atoms with van der Waals surface area (Å²) in [6.07, 6.45) is 3.56. The Labute approximate surface area is 87.3 Å². The van der Waals surface area contributed by atoms with Gasteiger partial charge in [-0.15, -0.1) is 0 Å². The van der Waals surface area contributed by atoms with E-state index in [1.165, 1.54) is 0 Å². The van der Waals surface area contributed by atoms with Gasteiger partial charge in [-0.2, -0.15) is 5.10 Å². The molecule has 0 aliphatic rings. The summed E-state index contributed by atoms with van der Waals surface area (Å²) in [4.78, 5) is 4.20. The second kappa shape index (κ2) is 3.42. The summed E-state index contributed by atoms with van der Waals surface area (Å²) in [7, 11) is 1.89. The molecule has 2 heterocycles. The molecule has 0 fully saturated rings. The molecular formula is C10H10ClN3. The molecule has 14 heavy (non-hydrogen) atoms. The van der Waals surface area contributed by atoms with Crippen LogP contribution in [0.5, 0.6) is 0 Å². The normalized spacial score (nSPS) is 10.5. The van der Waals surface area contributed by atoms with Crippen LogP contribution in [0.1, 0.15) is 5.69 Å². The highest BCUT2D eigenvalue weighted by atomic mass is 35.5. The number of rotatable bonds is 1. The number of pyridine rings is 1. The summed E-state index contributed by atoms with van der Waals surface area (Å²) >= 11 is 5.99. The molecule has 0 N–H and O–H groups in total. The Balaban J connectivity index is 2.53. The molecule has 2 aromatic rings. The number of hydrogen-bond acceptors (Lipinski definition) is 2. The van der Waals surface area contributed by atoms with Crippen LogP contribution in [0.15, 0.2) is 24.5 Å². The number of nitrogens with zero attached hydrogens (tertiary/aromatic N) is 3. The van der Waals surface area contributed by atoms with Gasteiger partial charge < -0.3 is 0 Å². The van der Waals surface area contributed by atoms with Crippen LogP contribution >= 0.6 is 11.6 Å². The van der Waals surface area contributed by atoms with Gasteiger partial charge in [-0.25, -0.2) is 0 Å². The van der Waals surface area contributed by atoms with Crippen molar-refractivity contribution in [2.75, 3.05) is 0 Å². The van der Waals surface area contributed by atoms with Gasteiger partial charge in [0.1, 0.15) is 0 Å². The molecule has 0 atom stereocenters. The molecule has 0 bridgehead atoms. The molecule has 0 radical (unpaired) electrons. The highest BCUT2D eigenvalue weighted by Gasteiger charge is 2.04. The van der Waals surface area contributed by atoms with Crippen LogP contribution in [0.4, 0.5) is 0 Å². The Hall–Kier alpha value is -1.35. The summed E-state index contributed by atoms with van der Waals surface area (Å²) < 4.78 is 1.79. The van der Waals surface area contributed by atoms with Crippen molar-refractivity contribution in [3.8, 4) is 11.3 Å². The zero-order valence-electron chi connectivity index (χ0n) is 8.03. The van der Waals surface area contributed by atoms with Gasteiger partial charge in [0.05, 0.1) is 16.4 Å². The molecule has 0 unspecified atom stereocenters. The molecule has 0 aromatic carbocycles. The minimum atomic E-state index is 0.684. The second-order valence-electron chi connectivity index (χ2n) is 3.13. The zero-order valence-corrected chi connectivity index (χ0v) is 8.78. The van der Waals surface area contributed by atoms with Crippen LogP contribution in [0, 0.1) is 6.92 Å². The van der Waals surface area contributed by atoms with E-state index >= 15 is 0 Å². The first-order valence-corrected chi connectivity index (χ1v) is 4.67. The number of aromatic nitrogens is 3. The summed E-state index contributed by atoms with van der Waals surface area (Å²) in [5.41, 5.74) is 2.84. The molecule has 2 aromatic heterocycles. The van der Waals surface area contributed by atoms with Crippen molar-refractivity contribution in [1.82, 2.24) is 14.8 Å². The smallest absolute Gasteiger partial charge is 0.0694 e. The molecule has 3 nitrogen and oxygen atoms in total. The van der Waals surface area contributed by atoms with Gasteiger partial charge >= 0.3 is 0 Å². The molecule has 4 heteroatoms. The average molecular weight is 208 g/mol. The number of halogens is 1. The van der Waals surface area contributed by atoms with Gasteiger partial charge in [-0.1, -0.05) is 11.6 Å². The molecule has 0 saturated heterocycles. The monoisotopic (exact) mass is 207 g/mol. The van der Waals surface area contributed by atoms with E-state index in [1.54, 1.807) is 17.1 Å². The quantitative estimate of drug-likeness (QED) is 0.719. The Morgan fingerprint density at radius 3 is 2.79 bits per heavy atom. The first kappa shape index (κ1) is 9.21. The minimum Gasteiger partial charge on any atom is -0.268 e. The molecule has 0 aliphatic carbocycles. The van der Waals surface area contributed by atoms with Crippen LogP contribution < -0.4 is 0 Å². The fourth-order valence-electron chi connectivity index (χ4n) is 1.30. The van der Waals surface area contributed by atoms with Gasteiger partial charge in [-0.05, 0) is 19.1 Å².